The molecule has 1 amide bonds. The van der Waals surface area contributed by atoms with Gasteiger partial charge in [-0.3, -0.25) is 9.59 Å². The third-order valence-electron chi connectivity index (χ3n) is 2.86. The van der Waals surface area contributed by atoms with Gasteiger partial charge in [-0.05, 0) is 24.3 Å². The van der Waals surface area contributed by atoms with E-state index in [9.17, 15) is 9.59 Å². The Hall–Kier alpha value is -1.59. The van der Waals surface area contributed by atoms with E-state index in [2.05, 4.69) is 0 Å². The van der Waals surface area contributed by atoms with Crippen LogP contribution >= 0.6 is 11.6 Å². The third-order valence-corrected chi connectivity index (χ3v) is 3.11. The van der Waals surface area contributed by atoms with Gasteiger partial charge >= 0.3 is 5.97 Å². The summed E-state index contributed by atoms with van der Waals surface area (Å²) in [6.07, 6.45) is 0. The number of carboxylic acid groups (broad SMARTS) is 1. The van der Waals surface area contributed by atoms with Crippen molar-refractivity contribution in [3.63, 3.8) is 0 Å². The Balaban J connectivity index is 2.83. The highest BCUT2D eigenvalue weighted by atomic mass is 35.5. The lowest BCUT2D eigenvalue weighted by Crippen LogP contribution is -2.39. The first-order valence-corrected chi connectivity index (χ1v) is 6.60. The van der Waals surface area contributed by atoms with Gasteiger partial charge in [0, 0.05) is 30.8 Å². The molecular weight excluding hydrogens is 282 g/mol. The number of rotatable bonds is 7. The van der Waals surface area contributed by atoms with Crippen molar-refractivity contribution >= 4 is 23.5 Å². The summed E-state index contributed by atoms with van der Waals surface area (Å²) in [5, 5.41) is 9.50. The number of aliphatic carboxylic acids is 1. The van der Waals surface area contributed by atoms with E-state index in [-0.39, 0.29) is 12.5 Å². The Kier molecular flexibility index (Phi) is 6.48. The van der Waals surface area contributed by atoms with E-state index in [1.54, 1.807) is 31.2 Å². The van der Waals surface area contributed by atoms with E-state index >= 15 is 0 Å². The third kappa shape index (κ3) is 4.83. The van der Waals surface area contributed by atoms with Gasteiger partial charge in [-0.2, -0.15) is 0 Å². The fourth-order valence-corrected chi connectivity index (χ4v) is 1.79. The van der Waals surface area contributed by atoms with Crippen LogP contribution in [0, 0.1) is 5.92 Å². The van der Waals surface area contributed by atoms with Gasteiger partial charge in [-0.25, -0.2) is 0 Å². The number of ether oxygens (including phenoxy) is 1. The summed E-state index contributed by atoms with van der Waals surface area (Å²) in [5.74, 6) is -1.80. The molecule has 0 aliphatic heterocycles. The number of nitrogens with zero attached hydrogens (tertiary/aromatic N) is 1. The van der Waals surface area contributed by atoms with Gasteiger partial charge in [0.1, 0.15) is 0 Å². The molecule has 0 aromatic heterocycles. The van der Waals surface area contributed by atoms with Crippen molar-refractivity contribution in [2.24, 2.45) is 5.92 Å². The molecule has 0 saturated carbocycles. The normalized spacial score (nSPS) is 11.9. The number of halogens is 1. The molecular formula is C14H18ClNO4. The molecule has 0 fully saturated rings. The summed E-state index contributed by atoms with van der Waals surface area (Å²) in [4.78, 5) is 24.8. The molecule has 1 aromatic carbocycles. The van der Waals surface area contributed by atoms with Gasteiger partial charge in [0.05, 0.1) is 12.5 Å². The van der Waals surface area contributed by atoms with Gasteiger partial charge < -0.3 is 14.7 Å². The predicted molar refractivity (Wildman–Crippen MR) is 76.0 cm³/mol. The first-order valence-electron chi connectivity index (χ1n) is 6.22. The molecule has 110 valence electrons. The number of carbonyl (C=O) groups excluding carboxylic acids is 1. The monoisotopic (exact) mass is 299 g/mol. The number of amides is 1. The van der Waals surface area contributed by atoms with Gasteiger partial charge in [0.15, 0.2) is 0 Å². The van der Waals surface area contributed by atoms with Crippen molar-refractivity contribution in [1.29, 1.82) is 0 Å². The number of hydrogen-bond acceptors (Lipinski definition) is 3. The highest BCUT2D eigenvalue weighted by Gasteiger charge is 2.21. The van der Waals surface area contributed by atoms with E-state index in [0.717, 1.165) is 0 Å². The molecule has 0 bridgehead atoms. The molecule has 0 saturated heterocycles. The lowest BCUT2D eigenvalue weighted by Gasteiger charge is -2.24. The topological polar surface area (TPSA) is 66.8 Å². The molecule has 0 heterocycles. The summed E-state index contributed by atoms with van der Waals surface area (Å²) in [6, 6.07) is 6.50. The molecule has 0 spiro atoms. The Morgan fingerprint density at radius 3 is 2.45 bits per heavy atom. The van der Waals surface area contributed by atoms with Crippen LogP contribution in [0.5, 0.6) is 0 Å². The van der Waals surface area contributed by atoms with Crippen molar-refractivity contribution in [2.45, 2.75) is 6.92 Å². The van der Waals surface area contributed by atoms with Crippen LogP contribution in [-0.4, -0.2) is 48.7 Å². The first-order chi connectivity index (χ1) is 9.45. The molecule has 1 N–H and O–H groups in total. The zero-order chi connectivity index (χ0) is 15.1. The van der Waals surface area contributed by atoms with E-state index in [1.165, 1.54) is 12.0 Å². The molecule has 1 unspecified atom stereocenters. The minimum Gasteiger partial charge on any atom is -0.481 e. The highest BCUT2D eigenvalue weighted by molar-refractivity contribution is 6.30. The van der Waals surface area contributed by atoms with E-state index < -0.39 is 11.9 Å². The van der Waals surface area contributed by atoms with E-state index in [4.69, 9.17) is 21.4 Å². The van der Waals surface area contributed by atoms with Crippen molar-refractivity contribution in [3.05, 3.63) is 34.9 Å². The molecule has 1 atom stereocenters. The van der Waals surface area contributed by atoms with Crippen LogP contribution in [0.15, 0.2) is 24.3 Å². The summed E-state index contributed by atoms with van der Waals surface area (Å²) < 4.78 is 4.96. The van der Waals surface area contributed by atoms with Crippen LogP contribution in [0.2, 0.25) is 5.02 Å². The first kappa shape index (κ1) is 16.5. The Morgan fingerprint density at radius 1 is 1.35 bits per heavy atom. The Labute approximate surface area is 123 Å². The van der Waals surface area contributed by atoms with Crippen LogP contribution in [0.4, 0.5) is 0 Å². The fraction of sp³-hybridized carbons (Fsp3) is 0.429. The van der Waals surface area contributed by atoms with Gasteiger partial charge in [0.25, 0.3) is 5.91 Å². The predicted octanol–water partition coefficient (Wildman–Crippen LogP) is 2.15. The van der Waals surface area contributed by atoms with Crippen LogP contribution in [0.3, 0.4) is 0 Å². The average molecular weight is 300 g/mol. The quantitative estimate of drug-likeness (QED) is 0.838. The van der Waals surface area contributed by atoms with Crippen molar-refractivity contribution < 1.29 is 19.4 Å². The maximum Gasteiger partial charge on any atom is 0.308 e. The molecule has 0 aliphatic rings. The second-order valence-electron chi connectivity index (χ2n) is 4.49. The maximum atomic E-state index is 12.4. The van der Waals surface area contributed by atoms with Crippen molar-refractivity contribution in [3.8, 4) is 0 Å². The van der Waals surface area contributed by atoms with Gasteiger partial charge in [-0.1, -0.05) is 18.5 Å². The van der Waals surface area contributed by atoms with Crippen LogP contribution < -0.4 is 0 Å². The zero-order valence-electron chi connectivity index (χ0n) is 11.5. The molecule has 1 rings (SSSR count). The standard InChI is InChI=1S/C14H18ClNO4/c1-10(14(18)19)9-16(7-8-20-2)13(17)11-3-5-12(15)6-4-11/h3-6,10H,7-9H2,1-2H3,(H,18,19). The van der Waals surface area contributed by atoms with Gasteiger partial charge in [-0.15, -0.1) is 0 Å². The Bertz CT molecular complexity index is 461. The second-order valence-corrected chi connectivity index (χ2v) is 4.93. The average Bonchev–Trinajstić information content (AvgIpc) is 2.43. The number of methoxy groups -OCH3 is 1. The summed E-state index contributed by atoms with van der Waals surface area (Å²) >= 11 is 5.78. The number of benzene rings is 1. The Morgan fingerprint density at radius 2 is 1.95 bits per heavy atom. The minimum absolute atomic E-state index is 0.139. The van der Waals surface area contributed by atoms with Crippen LogP contribution in [0.1, 0.15) is 17.3 Å². The number of hydrogen-bond donors (Lipinski definition) is 1. The lowest BCUT2D eigenvalue weighted by atomic mass is 10.1. The van der Waals surface area contributed by atoms with Crippen molar-refractivity contribution in [2.75, 3.05) is 26.8 Å². The molecule has 0 radical (unpaired) electrons. The number of carbonyl (C=O) groups is 2. The summed E-state index contributed by atoms with van der Waals surface area (Å²) in [6.45, 7) is 2.40. The van der Waals surface area contributed by atoms with Crippen molar-refractivity contribution in [1.82, 2.24) is 4.90 Å². The summed E-state index contributed by atoms with van der Waals surface area (Å²) in [7, 11) is 1.53. The maximum absolute atomic E-state index is 12.4. The van der Waals surface area contributed by atoms with E-state index in [0.29, 0.717) is 23.7 Å². The number of carboxylic acids is 1. The fourth-order valence-electron chi connectivity index (χ4n) is 1.66. The van der Waals surface area contributed by atoms with Crippen LogP contribution in [-0.2, 0) is 9.53 Å². The molecule has 1 aromatic rings. The molecule has 6 heteroatoms. The van der Waals surface area contributed by atoms with Gasteiger partial charge in [0.2, 0.25) is 0 Å². The zero-order valence-corrected chi connectivity index (χ0v) is 12.3. The highest BCUT2D eigenvalue weighted by Crippen LogP contribution is 2.13. The molecule has 0 aliphatic carbocycles. The van der Waals surface area contributed by atoms with E-state index in [1.807, 2.05) is 0 Å². The van der Waals surface area contributed by atoms with Crippen LogP contribution in [0.25, 0.3) is 0 Å². The largest absolute Gasteiger partial charge is 0.481 e. The summed E-state index contributed by atoms with van der Waals surface area (Å²) in [5.41, 5.74) is 0.475. The lowest BCUT2D eigenvalue weighted by molar-refractivity contribution is -0.141. The minimum atomic E-state index is -0.934. The second kappa shape index (κ2) is 7.87. The smallest absolute Gasteiger partial charge is 0.308 e. The molecule has 5 nitrogen and oxygen atoms in total. The SMILES string of the molecule is COCCN(CC(C)C(=O)O)C(=O)c1ccc(Cl)cc1. The molecule has 20 heavy (non-hydrogen) atoms.